The Morgan fingerprint density at radius 3 is 1.23 bits per heavy atom. The van der Waals surface area contributed by atoms with Crippen molar-refractivity contribution < 1.29 is 0 Å². The number of nitrogens with zero attached hydrogens (tertiary/aromatic N) is 3. The number of aromatic nitrogens is 3. The predicted octanol–water partition coefficient (Wildman–Crippen LogP) is 11.8. The highest BCUT2D eigenvalue weighted by molar-refractivity contribution is 6.32. The average molecular weight is 610 g/mol. The Bertz CT molecular complexity index is 2810. The van der Waals surface area contributed by atoms with Gasteiger partial charge in [-0.15, -0.1) is 0 Å². The van der Waals surface area contributed by atoms with E-state index >= 15 is 0 Å². The fourth-order valence-corrected chi connectivity index (χ4v) is 7.36. The summed E-state index contributed by atoms with van der Waals surface area (Å²) in [5, 5.41) is 14.4. The van der Waals surface area contributed by atoms with Crippen LogP contribution in [0.3, 0.4) is 0 Å². The highest BCUT2D eigenvalue weighted by Crippen LogP contribution is 2.42. The van der Waals surface area contributed by atoms with Gasteiger partial charge in [-0.1, -0.05) is 146 Å². The van der Waals surface area contributed by atoms with Gasteiger partial charge in [0.05, 0.1) is 0 Å². The lowest BCUT2D eigenvalue weighted by Gasteiger charge is -2.16. The molecule has 3 heteroatoms. The summed E-state index contributed by atoms with van der Waals surface area (Å²) in [6.07, 6.45) is 0. The molecule has 0 radical (unpaired) electrons. The summed E-state index contributed by atoms with van der Waals surface area (Å²) in [5.41, 5.74) is 2.91. The molecule has 10 aromatic rings. The molecule has 10 rings (SSSR count). The number of hydrogen-bond donors (Lipinski definition) is 0. The zero-order valence-corrected chi connectivity index (χ0v) is 25.9. The molecule has 0 aliphatic carbocycles. The van der Waals surface area contributed by atoms with Crippen LogP contribution in [0.15, 0.2) is 164 Å². The summed E-state index contributed by atoms with van der Waals surface area (Å²) in [4.78, 5) is 15.6. The van der Waals surface area contributed by atoms with E-state index in [-0.39, 0.29) is 0 Å². The molecule has 1 heterocycles. The van der Waals surface area contributed by atoms with Crippen LogP contribution in [-0.2, 0) is 0 Å². The van der Waals surface area contributed by atoms with Gasteiger partial charge in [0.1, 0.15) is 0 Å². The van der Waals surface area contributed by atoms with Crippen molar-refractivity contribution in [2.45, 2.75) is 0 Å². The van der Waals surface area contributed by atoms with Crippen molar-refractivity contribution in [1.82, 2.24) is 15.0 Å². The first-order valence-electron chi connectivity index (χ1n) is 16.3. The molecule has 1 aromatic heterocycles. The second-order valence-corrected chi connectivity index (χ2v) is 12.4. The van der Waals surface area contributed by atoms with Crippen LogP contribution in [0.25, 0.3) is 98.8 Å². The maximum absolute atomic E-state index is 5.25. The minimum absolute atomic E-state index is 0.654. The van der Waals surface area contributed by atoms with Crippen LogP contribution in [0.2, 0.25) is 0 Å². The topological polar surface area (TPSA) is 38.7 Å². The molecular weight excluding hydrogens is 583 g/mol. The summed E-state index contributed by atoms with van der Waals surface area (Å²) in [7, 11) is 0. The lowest BCUT2D eigenvalue weighted by atomic mass is 9.89. The van der Waals surface area contributed by atoms with Gasteiger partial charge in [-0.25, -0.2) is 15.0 Å². The highest BCUT2D eigenvalue weighted by atomic mass is 15.0. The third-order valence-corrected chi connectivity index (χ3v) is 9.64. The van der Waals surface area contributed by atoms with E-state index in [9.17, 15) is 0 Å². The molecule has 0 amide bonds. The van der Waals surface area contributed by atoms with Crippen molar-refractivity contribution in [1.29, 1.82) is 0 Å². The Hall–Kier alpha value is -6.45. The smallest absolute Gasteiger partial charge is 0.164 e. The molecule has 0 N–H and O–H groups in total. The van der Waals surface area contributed by atoms with Crippen LogP contribution in [0.4, 0.5) is 0 Å². The summed E-state index contributed by atoms with van der Waals surface area (Å²) in [6.45, 7) is 0. The maximum atomic E-state index is 5.25. The largest absolute Gasteiger partial charge is 0.208 e. The summed E-state index contributed by atoms with van der Waals surface area (Å²) < 4.78 is 0. The SMILES string of the molecule is c1ccc2cc(-c3nc(-c4ccc5ccccc5c4)nc(-c4cc5c6ccccc6c6ccccc6c5c5ccccc45)n3)ccc2c1. The third kappa shape index (κ3) is 4.18. The van der Waals surface area contributed by atoms with Gasteiger partial charge in [-0.05, 0) is 82.8 Å². The molecule has 0 aliphatic rings. The van der Waals surface area contributed by atoms with Gasteiger partial charge >= 0.3 is 0 Å². The lowest BCUT2D eigenvalue weighted by Crippen LogP contribution is -2.01. The molecule has 0 spiro atoms. The number of rotatable bonds is 3. The van der Waals surface area contributed by atoms with Crippen LogP contribution in [-0.4, -0.2) is 15.0 Å². The molecule has 0 fully saturated rings. The Morgan fingerprint density at radius 2 is 0.667 bits per heavy atom. The minimum atomic E-state index is 0.654. The fourth-order valence-electron chi connectivity index (χ4n) is 7.36. The molecule has 0 aliphatic heterocycles. The van der Waals surface area contributed by atoms with E-state index in [4.69, 9.17) is 15.0 Å². The quantitative estimate of drug-likeness (QED) is 0.187. The Balaban J connectivity index is 1.31. The van der Waals surface area contributed by atoms with Crippen molar-refractivity contribution in [2.75, 3.05) is 0 Å². The minimum Gasteiger partial charge on any atom is -0.208 e. The molecule has 3 nitrogen and oxygen atoms in total. The first kappa shape index (κ1) is 26.7. The van der Waals surface area contributed by atoms with Crippen molar-refractivity contribution in [3.8, 4) is 34.2 Å². The van der Waals surface area contributed by atoms with E-state index in [1.165, 1.54) is 48.5 Å². The molecule has 222 valence electrons. The first-order valence-corrected chi connectivity index (χ1v) is 16.3. The monoisotopic (exact) mass is 609 g/mol. The Labute approximate surface area is 276 Å². The van der Waals surface area contributed by atoms with Crippen molar-refractivity contribution in [3.05, 3.63) is 164 Å². The molecule has 48 heavy (non-hydrogen) atoms. The third-order valence-electron chi connectivity index (χ3n) is 9.64. The average Bonchev–Trinajstić information content (AvgIpc) is 3.17. The summed E-state index contributed by atoms with van der Waals surface area (Å²) in [6, 6.07) is 58.1. The molecular formula is C45H27N3. The van der Waals surface area contributed by atoms with Gasteiger partial charge in [-0.2, -0.15) is 0 Å². The summed E-state index contributed by atoms with van der Waals surface area (Å²) >= 11 is 0. The summed E-state index contributed by atoms with van der Waals surface area (Å²) in [5.74, 6) is 1.97. The second-order valence-electron chi connectivity index (χ2n) is 12.4. The molecule has 0 saturated heterocycles. The van der Waals surface area contributed by atoms with Gasteiger partial charge in [0.15, 0.2) is 17.5 Å². The van der Waals surface area contributed by atoms with E-state index in [2.05, 4.69) is 164 Å². The van der Waals surface area contributed by atoms with Gasteiger partial charge in [0.25, 0.3) is 0 Å². The van der Waals surface area contributed by atoms with Gasteiger partial charge in [0, 0.05) is 16.7 Å². The van der Waals surface area contributed by atoms with Crippen LogP contribution in [0.1, 0.15) is 0 Å². The zero-order valence-electron chi connectivity index (χ0n) is 25.9. The van der Waals surface area contributed by atoms with Crippen LogP contribution in [0, 0.1) is 0 Å². The van der Waals surface area contributed by atoms with E-state index in [0.717, 1.165) is 32.8 Å². The van der Waals surface area contributed by atoms with Gasteiger partial charge in [0.2, 0.25) is 0 Å². The van der Waals surface area contributed by atoms with Crippen molar-refractivity contribution >= 4 is 64.6 Å². The van der Waals surface area contributed by atoms with Crippen molar-refractivity contribution in [2.24, 2.45) is 0 Å². The lowest BCUT2D eigenvalue weighted by molar-refractivity contribution is 1.08. The van der Waals surface area contributed by atoms with Gasteiger partial charge in [-0.3, -0.25) is 0 Å². The Kier molecular flexibility index (Phi) is 5.87. The van der Waals surface area contributed by atoms with Crippen LogP contribution >= 0.6 is 0 Å². The van der Waals surface area contributed by atoms with Crippen LogP contribution in [0.5, 0.6) is 0 Å². The normalized spacial score (nSPS) is 11.8. The number of fused-ring (bicyclic) bond motifs is 10. The molecule has 0 unspecified atom stereocenters. The van der Waals surface area contributed by atoms with Gasteiger partial charge < -0.3 is 0 Å². The van der Waals surface area contributed by atoms with E-state index in [0.29, 0.717) is 17.5 Å². The first-order chi connectivity index (χ1) is 23.8. The number of hydrogen-bond acceptors (Lipinski definition) is 3. The van der Waals surface area contributed by atoms with Crippen LogP contribution < -0.4 is 0 Å². The molecule has 0 bridgehead atoms. The second kappa shape index (κ2) is 10.5. The maximum Gasteiger partial charge on any atom is 0.164 e. The van der Waals surface area contributed by atoms with Crippen molar-refractivity contribution in [3.63, 3.8) is 0 Å². The number of benzene rings is 9. The fraction of sp³-hybridized carbons (Fsp3) is 0. The van der Waals surface area contributed by atoms with E-state index < -0.39 is 0 Å². The van der Waals surface area contributed by atoms with E-state index in [1.54, 1.807) is 0 Å². The molecule has 0 atom stereocenters. The molecule has 9 aromatic carbocycles. The molecule has 0 saturated carbocycles. The highest BCUT2D eigenvalue weighted by Gasteiger charge is 2.19. The van der Waals surface area contributed by atoms with E-state index in [1.807, 2.05) is 0 Å². The Morgan fingerprint density at radius 1 is 0.271 bits per heavy atom. The standard InChI is InChI=1S/C45H27N3/c1-3-13-30-25-32(23-21-28(30)11-1)43-46-44(33-24-22-29-12-2-4-14-31(29)26-33)48-45(47-43)41-27-40-36-17-6-5-15-34(36)35-16-7-9-19-38(35)42(40)39-20-10-8-18-37(39)41/h1-27H. The zero-order chi connectivity index (χ0) is 31.6. The predicted molar refractivity (Wildman–Crippen MR) is 201 cm³/mol.